The lowest BCUT2D eigenvalue weighted by atomic mass is 9.70. The van der Waals surface area contributed by atoms with E-state index in [9.17, 15) is 0 Å². The molecule has 3 rings (SSSR count). The highest BCUT2D eigenvalue weighted by Gasteiger charge is 2.43. The molecule has 2 aliphatic rings. The molecule has 1 aliphatic carbocycles. The number of ether oxygens (including phenoxy) is 1. The van der Waals surface area contributed by atoms with Crippen LogP contribution in [-0.4, -0.2) is 18.2 Å². The highest BCUT2D eigenvalue weighted by atomic mass is 16.5. The van der Waals surface area contributed by atoms with Crippen LogP contribution in [0.1, 0.15) is 50.5 Å². The number of hydrogen-bond acceptors (Lipinski definition) is 3. The Kier molecular flexibility index (Phi) is 4.94. The molecule has 1 aromatic carbocycles. The minimum atomic E-state index is 0.220. The van der Waals surface area contributed by atoms with Gasteiger partial charge in [0.2, 0.25) is 0 Å². The molecule has 3 N–H and O–H groups in total. The predicted octanol–water partition coefficient (Wildman–Crippen LogP) is 3.19. The van der Waals surface area contributed by atoms with Crippen molar-refractivity contribution in [2.45, 2.75) is 63.0 Å². The highest BCUT2D eigenvalue weighted by Crippen LogP contribution is 2.45. The summed E-state index contributed by atoms with van der Waals surface area (Å²) in [6.45, 7) is 0.918. The smallest absolute Gasteiger partial charge is 0.0685 e. The first-order valence-corrected chi connectivity index (χ1v) is 8.45. The van der Waals surface area contributed by atoms with Crippen LogP contribution in [0.25, 0.3) is 0 Å². The second-order valence-electron chi connectivity index (χ2n) is 6.79. The third kappa shape index (κ3) is 3.65. The molecule has 116 valence electrons. The zero-order chi connectivity index (χ0) is 14.5. The Morgan fingerprint density at radius 1 is 1.29 bits per heavy atom. The fraction of sp³-hybridized carbons (Fsp3) is 0.667. The van der Waals surface area contributed by atoms with Crippen molar-refractivity contribution < 1.29 is 4.74 Å². The van der Waals surface area contributed by atoms with Crippen LogP contribution in [0.4, 0.5) is 0 Å². The fourth-order valence-electron chi connectivity index (χ4n) is 3.95. The number of aryl methyl sites for hydroxylation is 1. The van der Waals surface area contributed by atoms with Gasteiger partial charge in [0, 0.05) is 12.6 Å². The van der Waals surface area contributed by atoms with Gasteiger partial charge in [0.1, 0.15) is 0 Å². The molecule has 0 radical (unpaired) electrons. The summed E-state index contributed by atoms with van der Waals surface area (Å²) in [6.07, 6.45) is 9.70. The Labute approximate surface area is 128 Å². The molecule has 21 heavy (non-hydrogen) atoms. The average molecular weight is 288 g/mol. The van der Waals surface area contributed by atoms with E-state index in [-0.39, 0.29) is 5.60 Å². The van der Waals surface area contributed by atoms with Crippen molar-refractivity contribution in [1.82, 2.24) is 5.43 Å². The van der Waals surface area contributed by atoms with Gasteiger partial charge >= 0.3 is 0 Å². The standard InChI is InChI=1S/C18H28N2O/c19-20-17(9-4-8-15-6-2-1-3-7-15)16-10-13-21-18(14-16)11-5-12-18/h1-3,6-7,16-17,20H,4-5,8-14,19H2. The van der Waals surface area contributed by atoms with E-state index < -0.39 is 0 Å². The van der Waals surface area contributed by atoms with Gasteiger partial charge in [-0.1, -0.05) is 30.3 Å². The van der Waals surface area contributed by atoms with Crippen molar-refractivity contribution in [1.29, 1.82) is 0 Å². The second kappa shape index (κ2) is 6.91. The molecule has 1 aliphatic heterocycles. The molecule has 0 aromatic heterocycles. The summed E-state index contributed by atoms with van der Waals surface area (Å²) < 4.78 is 6.03. The molecule has 1 saturated carbocycles. The Hall–Kier alpha value is -0.900. The first-order valence-electron chi connectivity index (χ1n) is 8.45. The van der Waals surface area contributed by atoms with Crippen molar-refractivity contribution in [2.24, 2.45) is 11.8 Å². The fourth-order valence-corrected chi connectivity index (χ4v) is 3.95. The number of nitrogens with one attached hydrogen (secondary N) is 1. The van der Waals surface area contributed by atoms with Crippen LogP contribution in [0.15, 0.2) is 30.3 Å². The lowest BCUT2D eigenvalue weighted by Gasteiger charge is -2.48. The molecule has 2 fully saturated rings. The third-order valence-electron chi connectivity index (χ3n) is 5.40. The Balaban J connectivity index is 1.48. The summed E-state index contributed by atoms with van der Waals surface area (Å²) in [5.74, 6) is 6.52. The first-order chi connectivity index (χ1) is 10.3. The molecule has 1 aromatic rings. The minimum Gasteiger partial charge on any atom is -0.375 e. The van der Waals surface area contributed by atoms with Gasteiger partial charge in [-0.25, -0.2) is 0 Å². The van der Waals surface area contributed by atoms with Gasteiger partial charge in [0.15, 0.2) is 0 Å². The van der Waals surface area contributed by atoms with Crippen molar-refractivity contribution in [3.63, 3.8) is 0 Å². The van der Waals surface area contributed by atoms with Gasteiger partial charge in [-0.2, -0.15) is 0 Å². The van der Waals surface area contributed by atoms with E-state index in [4.69, 9.17) is 10.6 Å². The van der Waals surface area contributed by atoms with Crippen LogP contribution in [0.2, 0.25) is 0 Å². The third-order valence-corrected chi connectivity index (χ3v) is 5.40. The second-order valence-corrected chi connectivity index (χ2v) is 6.79. The molecule has 2 unspecified atom stereocenters. The van der Waals surface area contributed by atoms with E-state index in [1.165, 1.54) is 37.7 Å². The predicted molar refractivity (Wildman–Crippen MR) is 85.7 cm³/mol. The van der Waals surface area contributed by atoms with Gasteiger partial charge in [-0.15, -0.1) is 0 Å². The number of hydrazine groups is 1. The highest BCUT2D eigenvalue weighted by molar-refractivity contribution is 5.14. The van der Waals surface area contributed by atoms with Crippen molar-refractivity contribution in [3.05, 3.63) is 35.9 Å². The Morgan fingerprint density at radius 3 is 2.76 bits per heavy atom. The van der Waals surface area contributed by atoms with Crippen molar-refractivity contribution >= 4 is 0 Å². The number of benzene rings is 1. The zero-order valence-corrected chi connectivity index (χ0v) is 12.9. The summed E-state index contributed by atoms with van der Waals surface area (Å²) in [5, 5.41) is 0. The van der Waals surface area contributed by atoms with Crippen LogP contribution >= 0.6 is 0 Å². The normalized spacial score (nSPS) is 25.5. The van der Waals surface area contributed by atoms with E-state index in [1.54, 1.807) is 0 Å². The molecule has 1 spiro atoms. The molecule has 0 amide bonds. The summed E-state index contributed by atoms with van der Waals surface area (Å²) in [6, 6.07) is 11.2. The maximum atomic E-state index is 6.03. The number of hydrogen-bond donors (Lipinski definition) is 2. The van der Waals surface area contributed by atoms with E-state index in [0.29, 0.717) is 12.0 Å². The van der Waals surface area contributed by atoms with Crippen LogP contribution in [0.5, 0.6) is 0 Å². The quantitative estimate of drug-likeness (QED) is 0.624. The lowest BCUT2D eigenvalue weighted by molar-refractivity contribution is -0.147. The molecular weight excluding hydrogens is 260 g/mol. The van der Waals surface area contributed by atoms with Crippen LogP contribution in [0.3, 0.4) is 0 Å². The van der Waals surface area contributed by atoms with E-state index in [1.807, 2.05) is 0 Å². The SMILES string of the molecule is NNC(CCCc1ccccc1)C1CCOC2(CCC2)C1. The molecule has 1 saturated heterocycles. The van der Waals surface area contributed by atoms with E-state index >= 15 is 0 Å². The van der Waals surface area contributed by atoms with Crippen molar-refractivity contribution in [3.8, 4) is 0 Å². The monoisotopic (exact) mass is 288 g/mol. The molecule has 1 heterocycles. The number of nitrogens with two attached hydrogens (primary N) is 1. The minimum absolute atomic E-state index is 0.220. The van der Waals surface area contributed by atoms with Gasteiger partial charge in [-0.3, -0.25) is 11.3 Å². The largest absolute Gasteiger partial charge is 0.375 e. The molecule has 0 bridgehead atoms. The van der Waals surface area contributed by atoms with Crippen molar-refractivity contribution in [2.75, 3.05) is 6.61 Å². The van der Waals surface area contributed by atoms with Gasteiger partial charge in [0.05, 0.1) is 5.60 Å². The van der Waals surface area contributed by atoms with Crippen LogP contribution in [-0.2, 0) is 11.2 Å². The summed E-state index contributed by atoms with van der Waals surface area (Å²) in [4.78, 5) is 0. The molecule has 2 atom stereocenters. The maximum absolute atomic E-state index is 6.03. The lowest BCUT2D eigenvalue weighted by Crippen LogP contribution is -2.51. The zero-order valence-electron chi connectivity index (χ0n) is 12.9. The summed E-state index contributed by atoms with van der Waals surface area (Å²) in [5.41, 5.74) is 4.73. The topological polar surface area (TPSA) is 47.3 Å². The van der Waals surface area contributed by atoms with Gasteiger partial charge in [0.25, 0.3) is 0 Å². The maximum Gasteiger partial charge on any atom is 0.0685 e. The Morgan fingerprint density at radius 2 is 2.10 bits per heavy atom. The van der Waals surface area contributed by atoms with Gasteiger partial charge < -0.3 is 4.74 Å². The van der Waals surface area contributed by atoms with Crippen LogP contribution < -0.4 is 11.3 Å². The van der Waals surface area contributed by atoms with E-state index in [0.717, 1.165) is 25.9 Å². The molecule has 3 heteroatoms. The molecular formula is C18H28N2O. The summed E-state index contributed by atoms with van der Waals surface area (Å²) in [7, 11) is 0. The van der Waals surface area contributed by atoms with Crippen LogP contribution in [0, 0.1) is 5.92 Å². The summed E-state index contributed by atoms with van der Waals surface area (Å²) >= 11 is 0. The average Bonchev–Trinajstić information content (AvgIpc) is 2.51. The first kappa shape index (κ1) is 15.0. The molecule has 3 nitrogen and oxygen atoms in total. The Bertz CT molecular complexity index is 430. The number of rotatable bonds is 6. The van der Waals surface area contributed by atoms with E-state index in [2.05, 4.69) is 35.8 Å². The van der Waals surface area contributed by atoms with Gasteiger partial charge in [-0.05, 0) is 62.8 Å².